The molecule has 1 aromatic rings. The maximum atomic E-state index is 13.7. The SMILES string of the molecule is O=S(=O)(/C(=C1\C=c2ccccc2=C[CH-]1)S(=O)(=O)C(F)(F)F)C1CCCC(F)C1. The number of halogens is 4. The van der Waals surface area contributed by atoms with Gasteiger partial charge in [-0.3, -0.25) is 0 Å². The van der Waals surface area contributed by atoms with E-state index < -0.39 is 52.8 Å². The summed E-state index contributed by atoms with van der Waals surface area (Å²) in [5, 5.41) is -0.527. The molecule has 2 atom stereocenters. The summed E-state index contributed by atoms with van der Waals surface area (Å²) in [6.45, 7) is 0. The van der Waals surface area contributed by atoms with E-state index in [4.69, 9.17) is 0 Å². The highest BCUT2D eigenvalue weighted by Gasteiger charge is 2.52. The van der Waals surface area contributed by atoms with Crippen molar-refractivity contribution in [2.75, 3.05) is 0 Å². The second-order valence-electron chi connectivity index (χ2n) is 6.73. The predicted octanol–water partition coefficient (Wildman–Crippen LogP) is 2.31. The third-order valence-electron chi connectivity index (χ3n) is 4.79. The Kier molecular flexibility index (Phi) is 5.39. The molecule has 2 aliphatic carbocycles. The molecule has 0 saturated heterocycles. The molecule has 2 unspecified atom stereocenters. The number of hydrogen-bond acceptors (Lipinski definition) is 4. The van der Waals surface area contributed by atoms with Crippen molar-refractivity contribution in [3.05, 3.63) is 50.9 Å². The molecule has 3 rings (SSSR count). The van der Waals surface area contributed by atoms with Gasteiger partial charge in [0.1, 0.15) is 6.17 Å². The van der Waals surface area contributed by atoms with Gasteiger partial charge in [-0.1, -0.05) is 29.5 Å². The topological polar surface area (TPSA) is 68.3 Å². The molecule has 0 radical (unpaired) electrons. The third kappa shape index (κ3) is 3.71. The van der Waals surface area contributed by atoms with Gasteiger partial charge in [-0.2, -0.15) is 13.2 Å². The molecule has 0 aromatic heterocycles. The molecule has 1 saturated carbocycles. The first-order chi connectivity index (χ1) is 12.9. The number of hydrogen-bond donors (Lipinski definition) is 0. The van der Waals surface area contributed by atoms with Crippen molar-refractivity contribution >= 4 is 31.8 Å². The average molecular weight is 437 g/mol. The highest BCUT2D eigenvalue weighted by atomic mass is 32.3. The number of rotatable bonds is 3. The van der Waals surface area contributed by atoms with Crippen molar-refractivity contribution in [3.63, 3.8) is 0 Å². The minimum atomic E-state index is -6.18. The van der Waals surface area contributed by atoms with E-state index in [0.29, 0.717) is 10.4 Å². The van der Waals surface area contributed by atoms with Gasteiger partial charge in [0, 0.05) is 0 Å². The zero-order valence-corrected chi connectivity index (χ0v) is 16.1. The van der Waals surface area contributed by atoms with Gasteiger partial charge in [0.2, 0.25) is 0 Å². The van der Waals surface area contributed by atoms with Gasteiger partial charge < -0.3 is 0 Å². The lowest BCUT2D eigenvalue weighted by molar-refractivity contribution is -0.0425. The third-order valence-corrected chi connectivity index (χ3v) is 9.54. The van der Waals surface area contributed by atoms with E-state index >= 15 is 0 Å². The number of alkyl halides is 4. The molecule has 2 aliphatic rings. The highest BCUT2D eigenvalue weighted by molar-refractivity contribution is 8.15. The van der Waals surface area contributed by atoms with Crippen molar-refractivity contribution in [3.8, 4) is 0 Å². The van der Waals surface area contributed by atoms with Crippen LogP contribution in [0.2, 0.25) is 0 Å². The van der Waals surface area contributed by atoms with Gasteiger partial charge in [-0.15, -0.1) is 29.4 Å². The minimum absolute atomic E-state index is 0.0901. The first-order valence-electron chi connectivity index (χ1n) is 8.50. The Morgan fingerprint density at radius 1 is 1.04 bits per heavy atom. The molecule has 1 aromatic carbocycles. The quantitative estimate of drug-likeness (QED) is 0.538. The minimum Gasteiger partial charge on any atom is -0.247 e. The second-order valence-corrected chi connectivity index (χ2v) is 11.0. The number of sulfone groups is 2. The van der Waals surface area contributed by atoms with Crippen molar-refractivity contribution in [1.29, 1.82) is 0 Å². The fourth-order valence-corrected chi connectivity index (χ4v) is 7.67. The van der Waals surface area contributed by atoms with Gasteiger partial charge in [-0.25, -0.2) is 21.2 Å². The average Bonchev–Trinajstić information content (AvgIpc) is 2.60. The predicted molar refractivity (Wildman–Crippen MR) is 97.0 cm³/mol. The van der Waals surface area contributed by atoms with E-state index in [1.165, 1.54) is 12.1 Å². The smallest absolute Gasteiger partial charge is 0.247 e. The summed E-state index contributed by atoms with van der Waals surface area (Å²) >= 11 is 0. The van der Waals surface area contributed by atoms with Crippen LogP contribution in [0, 0.1) is 6.42 Å². The molecular formula is C18H17F4O4S2-. The van der Waals surface area contributed by atoms with Crippen LogP contribution >= 0.6 is 0 Å². The van der Waals surface area contributed by atoms with Gasteiger partial charge in [0.15, 0.2) is 9.84 Å². The summed E-state index contributed by atoms with van der Waals surface area (Å²) in [5.41, 5.74) is -6.37. The Labute approximate surface area is 160 Å². The first kappa shape index (κ1) is 20.9. The summed E-state index contributed by atoms with van der Waals surface area (Å²) in [4.78, 5) is 0. The summed E-state index contributed by atoms with van der Waals surface area (Å²) in [6.07, 6.45) is 1.63. The molecule has 1 fully saturated rings. The van der Waals surface area contributed by atoms with E-state index in [0.717, 1.165) is 12.5 Å². The molecule has 0 amide bonds. The molecule has 4 nitrogen and oxygen atoms in total. The highest BCUT2D eigenvalue weighted by Crippen LogP contribution is 2.40. The van der Waals surface area contributed by atoms with E-state index in [2.05, 4.69) is 0 Å². The molecule has 0 heterocycles. The van der Waals surface area contributed by atoms with Crippen LogP contribution in [-0.2, 0) is 19.7 Å². The van der Waals surface area contributed by atoms with Crippen LogP contribution in [0.15, 0.2) is 34.1 Å². The second kappa shape index (κ2) is 7.22. The maximum absolute atomic E-state index is 13.7. The van der Waals surface area contributed by atoms with Crippen LogP contribution in [0.1, 0.15) is 25.7 Å². The van der Waals surface area contributed by atoms with Crippen LogP contribution in [0.25, 0.3) is 12.2 Å². The number of allylic oxidation sites excluding steroid dienone is 1. The molecule has 0 spiro atoms. The monoisotopic (exact) mass is 437 g/mol. The van der Waals surface area contributed by atoms with E-state index in [1.807, 2.05) is 0 Å². The van der Waals surface area contributed by atoms with Crippen molar-refractivity contribution in [1.82, 2.24) is 0 Å². The summed E-state index contributed by atoms with van der Waals surface area (Å²) < 4.78 is 102. The Balaban J connectivity index is 2.28. The Bertz CT molecular complexity index is 1130. The van der Waals surface area contributed by atoms with Crippen LogP contribution in [0.4, 0.5) is 17.6 Å². The molecular weight excluding hydrogens is 420 g/mol. The lowest BCUT2D eigenvalue weighted by atomic mass is 9.98. The van der Waals surface area contributed by atoms with Crippen LogP contribution in [0.5, 0.6) is 0 Å². The molecule has 0 N–H and O–H groups in total. The van der Waals surface area contributed by atoms with Crippen LogP contribution in [0.3, 0.4) is 0 Å². The maximum Gasteiger partial charge on any atom is 0.494 e. The molecule has 154 valence electrons. The van der Waals surface area contributed by atoms with Gasteiger partial charge in [-0.05, 0) is 25.7 Å². The molecule has 0 bridgehead atoms. The van der Waals surface area contributed by atoms with Crippen LogP contribution in [-0.4, -0.2) is 33.8 Å². The van der Waals surface area contributed by atoms with Crippen molar-refractivity contribution < 1.29 is 34.4 Å². The zero-order valence-electron chi connectivity index (χ0n) is 14.5. The van der Waals surface area contributed by atoms with Crippen LogP contribution < -0.4 is 10.4 Å². The van der Waals surface area contributed by atoms with Crippen molar-refractivity contribution in [2.24, 2.45) is 0 Å². The fraction of sp³-hybridized carbons (Fsp3) is 0.389. The Morgan fingerprint density at radius 3 is 2.29 bits per heavy atom. The molecule has 0 aliphatic heterocycles. The van der Waals surface area contributed by atoms with Crippen molar-refractivity contribution in [2.45, 2.75) is 42.6 Å². The van der Waals surface area contributed by atoms with E-state index in [9.17, 15) is 34.4 Å². The number of benzene rings is 1. The lowest BCUT2D eigenvalue weighted by Gasteiger charge is -2.29. The first-order valence-corrected chi connectivity index (χ1v) is 11.5. The normalized spacial score (nSPS) is 25.0. The Morgan fingerprint density at radius 2 is 1.68 bits per heavy atom. The summed E-state index contributed by atoms with van der Waals surface area (Å²) in [7, 11) is -11.1. The molecule has 28 heavy (non-hydrogen) atoms. The number of fused-ring (bicyclic) bond motifs is 1. The van der Waals surface area contributed by atoms with Gasteiger partial charge >= 0.3 is 5.51 Å². The van der Waals surface area contributed by atoms with E-state index in [-0.39, 0.29) is 19.3 Å². The summed E-state index contributed by atoms with van der Waals surface area (Å²) in [5.74, 6) is 0. The standard InChI is InChI=1S/C18H17F4O4S2/c19-15-6-3-7-16(11-15)27(23,24)17(28(25,26)18(20,21)22)14-9-8-12-4-1-2-5-13(12)10-14/h1-2,4-5,8-10,15-16H,3,6-7,11H2/q-1/b17-14+. The summed E-state index contributed by atoms with van der Waals surface area (Å²) in [6, 6.07) is 6.45. The van der Waals surface area contributed by atoms with E-state index in [1.54, 1.807) is 18.2 Å². The fourth-order valence-electron chi connectivity index (χ4n) is 3.41. The van der Waals surface area contributed by atoms with Gasteiger partial charge in [0.05, 0.1) is 9.49 Å². The van der Waals surface area contributed by atoms with Gasteiger partial charge in [0.25, 0.3) is 9.84 Å². The zero-order chi connectivity index (χ0) is 20.7. The Hall–Kier alpha value is -1.81. The molecule has 10 heteroatoms. The largest absolute Gasteiger partial charge is 0.494 e. The lowest BCUT2D eigenvalue weighted by Crippen LogP contribution is -2.37.